The average Bonchev–Trinajstić information content (AvgIpc) is 2.79. The minimum atomic E-state index is 0.0271. The second-order valence-electron chi connectivity index (χ2n) is 10.4. The summed E-state index contributed by atoms with van der Waals surface area (Å²) < 4.78 is 0. The number of para-hydroxylation sites is 2. The van der Waals surface area contributed by atoms with Gasteiger partial charge in [-0.2, -0.15) is 0 Å². The molecule has 6 heteroatoms. The van der Waals surface area contributed by atoms with Gasteiger partial charge < -0.3 is 0 Å². The van der Waals surface area contributed by atoms with Crippen molar-refractivity contribution in [3.05, 3.63) is 89.2 Å². The number of hydrogen-bond donors (Lipinski definition) is 0. The summed E-state index contributed by atoms with van der Waals surface area (Å²) in [6.07, 6.45) is 0. The molecule has 3 rings (SSSR count). The first-order chi connectivity index (χ1) is 16.4. The molecule has 35 heavy (non-hydrogen) atoms. The first-order valence-electron chi connectivity index (χ1n) is 11.5. The van der Waals surface area contributed by atoms with Crippen molar-refractivity contribution < 1.29 is 12.9 Å². The van der Waals surface area contributed by atoms with Gasteiger partial charge in [-0.15, -0.1) is 0 Å². The second kappa shape index (κ2) is 12.8. The van der Waals surface area contributed by atoms with Crippen molar-refractivity contribution in [2.75, 3.05) is 0 Å². The number of aliphatic imine (C=N–C) groups is 2. The molecule has 0 radical (unpaired) electrons. The zero-order valence-corrected chi connectivity index (χ0v) is 24.3. The number of benzene rings is 2. The molecule has 0 aliphatic carbocycles. The van der Waals surface area contributed by atoms with Crippen molar-refractivity contribution in [1.82, 2.24) is 4.98 Å². The molecule has 0 aliphatic heterocycles. The van der Waals surface area contributed by atoms with Crippen LogP contribution in [0.2, 0.25) is 0 Å². The van der Waals surface area contributed by atoms with Gasteiger partial charge in [-0.3, -0.25) is 9.98 Å². The van der Waals surface area contributed by atoms with Gasteiger partial charge in [-0.1, -0.05) is 84.0 Å². The van der Waals surface area contributed by atoms with Crippen molar-refractivity contribution >= 4 is 43.1 Å². The second-order valence-corrected chi connectivity index (χ2v) is 12.1. The van der Waals surface area contributed by atoms with E-state index in [1.165, 1.54) is 11.1 Å². The third-order valence-electron chi connectivity index (χ3n) is 5.49. The van der Waals surface area contributed by atoms with Crippen LogP contribution in [0.1, 0.15) is 77.9 Å². The molecule has 3 aromatic rings. The number of pyridine rings is 1. The predicted octanol–water partition coefficient (Wildman–Crippen LogP) is 9.33. The van der Waals surface area contributed by atoms with Crippen LogP contribution >= 0.6 is 20.3 Å². The summed E-state index contributed by atoms with van der Waals surface area (Å²) in [6.45, 7) is 17.3. The van der Waals surface area contributed by atoms with Crippen LogP contribution in [0.25, 0.3) is 0 Å². The van der Waals surface area contributed by atoms with E-state index in [1.54, 1.807) is 0 Å². The van der Waals surface area contributed by atoms with Gasteiger partial charge in [0.05, 0.1) is 34.2 Å². The first kappa shape index (κ1) is 29.2. The van der Waals surface area contributed by atoms with Crippen LogP contribution in [0.5, 0.6) is 0 Å². The summed E-state index contributed by atoms with van der Waals surface area (Å²) in [5, 5.41) is 0. The quantitative estimate of drug-likeness (QED) is 0.296. The summed E-state index contributed by atoms with van der Waals surface area (Å²) in [4.78, 5) is 14.8. The maximum atomic E-state index is 4.94. The van der Waals surface area contributed by atoms with Crippen molar-refractivity contribution in [2.45, 2.75) is 66.2 Å². The third-order valence-corrected chi connectivity index (χ3v) is 5.49. The molecule has 0 saturated heterocycles. The molecule has 0 aliphatic rings. The Balaban J connectivity index is 0.00000137. The van der Waals surface area contributed by atoms with Crippen LogP contribution in [0.4, 0.5) is 11.4 Å². The fraction of sp³-hybridized carbons (Fsp3) is 0.345. The van der Waals surface area contributed by atoms with E-state index in [9.17, 15) is 0 Å². The Bertz CT molecular complexity index is 1100. The molecular weight excluding hydrogens is 520 g/mol. The molecule has 0 spiro atoms. The Hall–Kier alpha value is -1.98. The Labute approximate surface area is 225 Å². The molecule has 1 heterocycles. The molecule has 189 valence electrons. The van der Waals surface area contributed by atoms with Crippen LogP contribution in [0, 0.1) is 0 Å². The molecule has 0 N–H and O–H groups in total. The standard InChI is InChI=1S/C29H35N3.2ClH.Co/c1-20(30-26-16-11-9-14-22(26)28(3,4)5)24-18-13-19-25(32-24)21(2)31-27-17-12-10-15-23(27)29(6,7)8;;;/h9-19H,1-8H3;2*1H;/q;;;+2/p-2. The SMILES string of the molecule is CC(=Nc1ccccc1C(C)(C)C)c1cccc(C(C)=Nc2ccccc2C(C)(C)C)n1.[Cl][Co][Cl]. The van der Waals surface area contributed by atoms with Crippen molar-refractivity contribution in [1.29, 1.82) is 0 Å². The molecule has 2 aromatic carbocycles. The first-order valence-corrected chi connectivity index (χ1v) is 14.4. The molecule has 0 saturated carbocycles. The van der Waals surface area contributed by atoms with Gasteiger partial charge in [-0.25, -0.2) is 4.98 Å². The maximum absolute atomic E-state index is 4.94. The Kier molecular flexibility index (Phi) is 10.7. The third kappa shape index (κ3) is 8.57. The number of hydrogen-bond acceptors (Lipinski definition) is 3. The van der Waals surface area contributed by atoms with E-state index in [0.717, 1.165) is 34.2 Å². The van der Waals surface area contributed by atoms with E-state index < -0.39 is 0 Å². The van der Waals surface area contributed by atoms with Crippen LogP contribution < -0.4 is 0 Å². The normalized spacial score (nSPS) is 12.9. The molecule has 0 unspecified atom stereocenters. The van der Waals surface area contributed by atoms with E-state index in [2.05, 4.69) is 77.9 Å². The molecule has 1 aromatic heterocycles. The summed E-state index contributed by atoms with van der Waals surface area (Å²) in [5.74, 6) is 0. The fourth-order valence-electron chi connectivity index (χ4n) is 3.72. The van der Waals surface area contributed by atoms with Gasteiger partial charge in [0.15, 0.2) is 0 Å². The topological polar surface area (TPSA) is 37.6 Å². The summed E-state index contributed by atoms with van der Waals surface area (Å²) in [7, 11) is 9.47. The van der Waals surface area contributed by atoms with E-state index in [4.69, 9.17) is 35.3 Å². The van der Waals surface area contributed by atoms with Gasteiger partial charge in [-0.05, 0) is 60.1 Å². The van der Waals surface area contributed by atoms with Crippen LogP contribution in [-0.4, -0.2) is 16.4 Å². The average molecular weight is 555 g/mol. The van der Waals surface area contributed by atoms with E-state index in [0.29, 0.717) is 12.9 Å². The number of aromatic nitrogens is 1. The van der Waals surface area contributed by atoms with Crippen molar-refractivity contribution in [3.63, 3.8) is 0 Å². The van der Waals surface area contributed by atoms with Gasteiger partial charge in [0.1, 0.15) is 0 Å². The Morgan fingerprint density at radius 2 is 0.971 bits per heavy atom. The van der Waals surface area contributed by atoms with Gasteiger partial charge in [0, 0.05) is 0 Å². The summed E-state index contributed by atoms with van der Waals surface area (Å²) >= 11 is 0.382. The Morgan fingerprint density at radius 1 is 0.629 bits per heavy atom. The van der Waals surface area contributed by atoms with E-state index in [-0.39, 0.29) is 10.8 Å². The number of halogens is 2. The summed E-state index contributed by atoms with van der Waals surface area (Å²) in [5.41, 5.74) is 8.02. The number of nitrogens with zero attached hydrogens (tertiary/aromatic N) is 3. The van der Waals surface area contributed by atoms with E-state index >= 15 is 0 Å². The van der Waals surface area contributed by atoms with Crippen molar-refractivity contribution in [2.24, 2.45) is 9.98 Å². The van der Waals surface area contributed by atoms with Gasteiger partial charge in [0.25, 0.3) is 0 Å². The zero-order valence-electron chi connectivity index (χ0n) is 21.8. The fourth-order valence-corrected chi connectivity index (χ4v) is 3.72. The van der Waals surface area contributed by atoms with Gasteiger partial charge >= 0.3 is 33.2 Å². The Morgan fingerprint density at radius 3 is 1.31 bits per heavy atom. The van der Waals surface area contributed by atoms with Crippen molar-refractivity contribution in [3.8, 4) is 0 Å². The summed E-state index contributed by atoms with van der Waals surface area (Å²) in [6, 6.07) is 22.7. The van der Waals surface area contributed by atoms with Crippen LogP contribution in [0.3, 0.4) is 0 Å². The zero-order chi connectivity index (χ0) is 26.2. The molecule has 0 bridgehead atoms. The monoisotopic (exact) mass is 554 g/mol. The predicted molar refractivity (Wildman–Crippen MR) is 150 cm³/mol. The van der Waals surface area contributed by atoms with E-state index in [1.807, 2.05) is 44.2 Å². The molecule has 0 atom stereocenters. The molecule has 0 amide bonds. The molecule has 3 nitrogen and oxygen atoms in total. The number of rotatable bonds is 4. The van der Waals surface area contributed by atoms with Crippen LogP contribution in [-0.2, 0) is 23.7 Å². The molecular formula is C29H35Cl2CoN3. The van der Waals surface area contributed by atoms with Crippen LogP contribution in [0.15, 0.2) is 76.7 Å². The molecule has 0 fully saturated rings. The van der Waals surface area contributed by atoms with Gasteiger partial charge in [0.2, 0.25) is 0 Å². The minimum absolute atomic E-state index is 0.0271.